The second-order valence-corrected chi connectivity index (χ2v) is 10.2. The Morgan fingerprint density at radius 1 is 1.06 bits per heavy atom. The van der Waals surface area contributed by atoms with Crippen molar-refractivity contribution in [2.75, 3.05) is 5.32 Å². The predicted molar refractivity (Wildman–Crippen MR) is 121 cm³/mol. The van der Waals surface area contributed by atoms with Gasteiger partial charge >= 0.3 is 0 Å². The zero-order valence-electron chi connectivity index (χ0n) is 16.8. The number of hydrogen-bond acceptors (Lipinski definition) is 5. The molecule has 0 spiro atoms. The van der Waals surface area contributed by atoms with Crippen LogP contribution < -0.4 is 5.32 Å². The van der Waals surface area contributed by atoms with Gasteiger partial charge in [0.25, 0.3) is 5.91 Å². The number of nitrogens with one attached hydrogen (secondary N) is 2. The van der Waals surface area contributed by atoms with Crippen LogP contribution in [0.15, 0.2) is 65.8 Å². The van der Waals surface area contributed by atoms with E-state index in [1.807, 2.05) is 0 Å². The summed E-state index contributed by atoms with van der Waals surface area (Å²) in [5.74, 6) is -0.335. The summed E-state index contributed by atoms with van der Waals surface area (Å²) >= 11 is 5.88. The van der Waals surface area contributed by atoms with Crippen LogP contribution in [0.3, 0.4) is 0 Å². The molecule has 4 aromatic rings. The number of halogens is 1. The number of anilines is 1. The highest BCUT2D eigenvalue weighted by Gasteiger charge is 2.19. The zero-order valence-corrected chi connectivity index (χ0v) is 18.3. The Bertz CT molecular complexity index is 1360. The smallest absolute Gasteiger partial charge is 0.259 e. The Kier molecular flexibility index (Phi) is 5.51. The molecule has 0 saturated heterocycles. The van der Waals surface area contributed by atoms with E-state index in [-0.39, 0.29) is 10.8 Å². The van der Waals surface area contributed by atoms with Crippen LogP contribution in [-0.4, -0.2) is 34.5 Å². The van der Waals surface area contributed by atoms with Crippen LogP contribution in [0.1, 0.15) is 24.2 Å². The van der Waals surface area contributed by atoms with Crippen LogP contribution in [0, 0.1) is 0 Å². The zero-order chi connectivity index (χ0) is 22.2. The number of aromatic amines is 1. The Hall–Kier alpha value is -3.23. The fraction of sp³-hybridized carbons (Fsp3) is 0.136. The summed E-state index contributed by atoms with van der Waals surface area (Å²) < 4.78 is 24.6. The van der Waals surface area contributed by atoms with Gasteiger partial charge in [0, 0.05) is 22.5 Å². The van der Waals surface area contributed by atoms with E-state index < -0.39 is 15.1 Å². The number of hydrogen-bond donors (Lipinski definition) is 2. The van der Waals surface area contributed by atoms with Crippen molar-refractivity contribution in [3.8, 4) is 11.3 Å². The molecule has 7 nitrogen and oxygen atoms in total. The maximum atomic E-state index is 12.7. The number of benzene rings is 2. The van der Waals surface area contributed by atoms with Gasteiger partial charge in [0.15, 0.2) is 15.5 Å². The molecule has 0 fully saturated rings. The third kappa shape index (κ3) is 4.17. The lowest BCUT2D eigenvalue weighted by Gasteiger charge is -2.08. The Morgan fingerprint density at radius 3 is 2.39 bits per heavy atom. The first kappa shape index (κ1) is 21.0. The van der Waals surface area contributed by atoms with Gasteiger partial charge < -0.3 is 10.3 Å². The van der Waals surface area contributed by atoms with Gasteiger partial charge in [-0.1, -0.05) is 23.7 Å². The number of H-pyrrole nitrogens is 1. The van der Waals surface area contributed by atoms with Crippen molar-refractivity contribution in [1.82, 2.24) is 15.0 Å². The molecule has 0 radical (unpaired) electrons. The third-order valence-electron chi connectivity index (χ3n) is 4.83. The third-order valence-corrected chi connectivity index (χ3v) is 7.25. The quantitative estimate of drug-likeness (QED) is 0.454. The van der Waals surface area contributed by atoms with Crippen molar-refractivity contribution in [3.05, 3.63) is 71.5 Å². The minimum Gasteiger partial charge on any atom is -0.344 e. The van der Waals surface area contributed by atoms with E-state index in [2.05, 4.69) is 20.3 Å². The van der Waals surface area contributed by atoms with E-state index in [1.165, 1.54) is 0 Å². The second-order valence-electron chi connectivity index (χ2n) is 7.23. The van der Waals surface area contributed by atoms with Crippen molar-refractivity contribution < 1.29 is 13.2 Å². The van der Waals surface area contributed by atoms with E-state index in [9.17, 15) is 13.2 Å². The number of nitrogens with zero attached hydrogens (tertiary/aromatic N) is 2. The molecule has 2 aromatic carbocycles. The standard InChI is InChI=1S/C22H19ClN4O3S/c1-13(2)31(29,30)17-9-3-14(4-10-17)19-12-25-21-20(27-19)18(11-24-21)22(28)26-16-7-5-15(23)6-8-16/h3-13H,1-2H3,(H,24,25)(H,26,28). The summed E-state index contributed by atoms with van der Waals surface area (Å²) in [6, 6.07) is 13.3. The van der Waals surface area contributed by atoms with Gasteiger partial charge in [-0.3, -0.25) is 4.79 Å². The second kappa shape index (κ2) is 8.13. The van der Waals surface area contributed by atoms with Crippen LogP contribution in [0.25, 0.3) is 22.4 Å². The number of sulfone groups is 1. The molecule has 158 valence electrons. The summed E-state index contributed by atoms with van der Waals surface area (Å²) in [6.45, 7) is 3.29. The summed E-state index contributed by atoms with van der Waals surface area (Å²) in [4.78, 5) is 24.9. The van der Waals surface area contributed by atoms with Gasteiger partial charge in [0.1, 0.15) is 5.52 Å². The first-order valence-corrected chi connectivity index (χ1v) is 11.4. The molecule has 1 amide bonds. The molecule has 0 bridgehead atoms. The average Bonchev–Trinajstić information content (AvgIpc) is 3.19. The molecule has 4 rings (SSSR count). The highest BCUT2D eigenvalue weighted by atomic mass is 35.5. The minimum absolute atomic E-state index is 0.255. The lowest BCUT2D eigenvalue weighted by atomic mass is 10.1. The first-order valence-electron chi connectivity index (χ1n) is 9.51. The summed E-state index contributed by atoms with van der Waals surface area (Å²) in [7, 11) is -3.35. The number of carbonyl (C=O) groups is 1. The van der Waals surface area contributed by atoms with Gasteiger partial charge in [-0.05, 0) is 50.2 Å². The number of aromatic nitrogens is 3. The Balaban J connectivity index is 1.65. The van der Waals surface area contributed by atoms with E-state index in [0.717, 1.165) is 0 Å². The Morgan fingerprint density at radius 2 is 1.74 bits per heavy atom. The monoisotopic (exact) mass is 454 g/mol. The van der Waals surface area contributed by atoms with Crippen molar-refractivity contribution in [2.24, 2.45) is 0 Å². The van der Waals surface area contributed by atoms with Crippen LogP contribution in [0.4, 0.5) is 5.69 Å². The highest BCUT2D eigenvalue weighted by Crippen LogP contribution is 2.24. The molecule has 0 aliphatic carbocycles. The maximum absolute atomic E-state index is 12.7. The maximum Gasteiger partial charge on any atom is 0.259 e. The molecule has 0 aliphatic rings. The Labute approximate surface area is 184 Å². The van der Waals surface area contributed by atoms with E-state index in [4.69, 9.17) is 11.6 Å². The molecule has 0 atom stereocenters. The van der Waals surface area contributed by atoms with Gasteiger partial charge in [0.05, 0.1) is 27.6 Å². The molecular weight excluding hydrogens is 436 g/mol. The van der Waals surface area contributed by atoms with Gasteiger partial charge in [0.2, 0.25) is 0 Å². The van der Waals surface area contributed by atoms with Crippen LogP contribution in [-0.2, 0) is 9.84 Å². The average molecular weight is 455 g/mol. The van der Waals surface area contributed by atoms with E-state index in [0.29, 0.717) is 38.7 Å². The number of fused-ring (bicyclic) bond motifs is 1. The van der Waals surface area contributed by atoms with E-state index >= 15 is 0 Å². The number of carbonyl (C=O) groups excluding carboxylic acids is 1. The lowest BCUT2D eigenvalue weighted by molar-refractivity contribution is 0.102. The SMILES string of the molecule is CC(C)S(=O)(=O)c1ccc(-c2cnc3[nH]cc(C(=O)Nc4ccc(Cl)cc4)c3n2)cc1. The fourth-order valence-electron chi connectivity index (χ4n) is 3.02. The molecule has 31 heavy (non-hydrogen) atoms. The summed E-state index contributed by atoms with van der Waals surface area (Å²) in [5, 5.41) is 2.88. The van der Waals surface area contributed by atoms with E-state index in [1.54, 1.807) is 74.8 Å². The van der Waals surface area contributed by atoms with Gasteiger partial charge in [-0.2, -0.15) is 0 Å². The highest BCUT2D eigenvalue weighted by molar-refractivity contribution is 7.92. The topological polar surface area (TPSA) is 105 Å². The van der Waals surface area contributed by atoms with Crippen LogP contribution >= 0.6 is 11.6 Å². The fourth-order valence-corrected chi connectivity index (χ4v) is 4.21. The summed E-state index contributed by atoms with van der Waals surface area (Å²) in [5.41, 5.74) is 3.07. The minimum atomic E-state index is -3.35. The van der Waals surface area contributed by atoms with Crippen molar-refractivity contribution in [3.63, 3.8) is 0 Å². The van der Waals surface area contributed by atoms with Crippen molar-refractivity contribution in [1.29, 1.82) is 0 Å². The van der Waals surface area contributed by atoms with Gasteiger partial charge in [-0.25, -0.2) is 18.4 Å². The molecule has 2 heterocycles. The number of rotatable bonds is 5. The molecule has 0 aliphatic heterocycles. The van der Waals surface area contributed by atoms with Crippen LogP contribution in [0.5, 0.6) is 0 Å². The first-order chi connectivity index (χ1) is 14.8. The van der Waals surface area contributed by atoms with Crippen LogP contribution in [0.2, 0.25) is 5.02 Å². The largest absolute Gasteiger partial charge is 0.344 e. The molecule has 2 N–H and O–H groups in total. The molecule has 0 saturated carbocycles. The summed E-state index contributed by atoms with van der Waals surface area (Å²) in [6.07, 6.45) is 3.13. The lowest BCUT2D eigenvalue weighted by Crippen LogP contribution is -2.13. The molecular formula is C22H19ClN4O3S. The van der Waals surface area contributed by atoms with Gasteiger partial charge in [-0.15, -0.1) is 0 Å². The predicted octanol–water partition coefficient (Wildman–Crippen LogP) is 4.71. The normalized spacial score (nSPS) is 11.7. The van der Waals surface area contributed by atoms with Crippen molar-refractivity contribution in [2.45, 2.75) is 24.0 Å². The molecule has 0 unspecified atom stereocenters. The molecule has 9 heteroatoms. The number of amides is 1. The van der Waals surface area contributed by atoms with Crippen molar-refractivity contribution >= 4 is 44.2 Å². The molecule has 2 aromatic heterocycles.